The van der Waals surface area contributed by atoms with Gasteiger partial charge in [0.05, 0.1) is 6.04 Å². The lowest BCUT2D eigenvalue weighted by atomic mass is 10.0. The van der Waals surface area contributed by atoms with Crippen molar-refractivity contribution in [3.05, 3.63) is 70.2 Å². The van der Waals surface area contributed by atoms with E-state index in [0.717, 1.165) is 26.2 Å². The number of amides is 1. The third kappa shape index (κ3) is 4.85. The summed E-state index contributed by atoms with van der Waals surface area (Å²) in [6.07, 6.45) is 0. The lowest BCUT2D eigenvalue weighted by Crippen LogP contribution is -2.48. The van der Waals surface area contributed by atoms with Crippen LogP contribution in [0.3, 0.4) is 0 Å². The number of benzene rings is 2. The first-order valence-corrected chi connectivity index (χ1v) is 9.43. The molecule has 138 valence electrons. The minimum absolute atomic E-state index is 0.0621. The molecule has 5 heteroatoms. The Kier molecular flexibility index (Phi) is 6.30. The second kappa shape index (κ2) is 8.67. The lowest BCUT2D eigenvalue weighted by molar-refractivity contribution is 0.0886. The van der Waals surface area contributed by atoms with E-state index in [9.17, 15) is 4.79 Å². The van der Waals surface area contributed by atoms with Gasteiger partial charge >= 0.3 is 0 Å². The smallest absolute Gasteiger partial charge is 0.251 e. The molecule has 0 aromatic heterocycles. The van der Waals surface area contributed by atoms with E-state index in [1.807, 2.05) is 0 Å². The Bertz CT molecular complexity index is 722. The summed E-state index contributed by atoms with van der Waals surface area (Å²) in [6.45, 7) is 6.80. The zero-order chi connectivity index (χ0) is 18.5. The molecule has 1 heterocycles. The molecule has 1 aliphatic heterocycles. The van der Waals surface area contributed by atoms with Crippen molar-refractivity contribution in [1.29, 1.82) is 0 Å². The zero-order valence-electron chi connectivity index (χ0n) is 15.4. The van der Waals surface area contributed by atoms with Crippen LogP contribution in [-0.4, -0.2) is 55.5 Å². The number of piperazine rings is 1. The highest BCUT2D eigenvalue weighted by molar-refractivity contribution is 6.30. The average Bonchev–Trinajstić information content (AvgIpc) is 2.65. The predicted octanol–water partition coefficient (Wildman–Crippen LogP) is 3.37. The molecule has 1 aliphatic rings. The van der Waals surface area contributed by atoms with Crippen LogP contribution in [0.2, 0.25) is 5.02 Å². The van der Waals surface area contributed by atoms with Gasteiger partial charge in [-0.05, 0) is 43.8 Å². The van der Waals surface area contributed by atoms with Crippen LogP contribution in [0.5, 0.6) is 0 Å². The van der Waals surface area contributed by atoms with Crippen molar-refractivity contribution in [3.8, 4) is 0 Å². The van der Waals surface area contributed by atoms with E-state index >= 15 is 0 Å². The second-order valence-electron chi connectivity index (χ2n) is 6.98. The molecule has 0 radical (unpaired) electrons. The summed E-state index contributed by atoms with van der Waals surface area (Å²) >= 11 is 5.91. The van der Waals surface area contributed by atoms with Crippen molar-refractivity contribution in [2.45, 2.75) is 13.0 Å². The second-order valence-corrected chi connectivity index (χ2v) is 7.42. The number of nitrogens with zero attached hydrogens (tertiary/aromatic N) is 2. The maximum Gasteiger partial charge on any atom is 0.251 e. The van der Waals surface area contributed by atoms with Crippen LogP contribution in [0.1, 0.15) is 27.5 Å². The van der Waals surface area contributed by atoms with Gasteiger partial charge in [0, 0.05) is 43.3 Å². The number of carbonyl (C=O) groups excluding carboxylic acids is 1. The molecule has 3 rings (SSSR count). The number of aryl methyl sites for hydroxylation is 1. The number of hydrogen-bond donors (Lipinski definition) is 1. The number of nitrogens with one attached hydrogen (secondary N) is 1. The fourth-order valence-electron chi connectivity index (χ4n) is 3.27. The summed E-state index contributed by atoms with van der Waals surface area (Å²) in [5, 5.41) is 3.74. The van der Waals surface area contributed by atoms with Gasteiger partial charge in [-0.25, -0.2) is 0 Å². The molecule has 26 heavy (non-hydrogen) atoms. The molecular formula is C21H26ClN3O. The Morgan fingerprint density at radius 1 is 1.04 bits per heavy atom. The molecule has 0 saturated carbocycles. The molecular weight excluding hydrogens is 346 g/mol. The first kappa shape index (κ1) is 18.9. The molecule has 0 aliphatic carbocycles. The van der Waals surface area contributed by atoms with Gasteiger partial charge < -0.3 is 10.2 Å². The van der Waals surface area contributed by atoms with E-state index in [0.29, 0.717) is 17.1 Å². The van der Waals surface area contributed by atoms with Crippen molar-refractivity contribution >= 4 is 17.5 Å². The van der Waals surface area contributed by atoms with Gasteiger partial charge in [0.15, 0.2) is 0 Å². The molecule has 0 bridgehead atoms. The molecule has 4 nitrogen and oxygen atoms in total. The highest BCUT2D eigenvalue weighted by atomic mass is 35.5. The van der Waals surface area contributed by atoms with Crippen molar-refractivity contribution in [3.63, 3.8) is 0 Å². The molecule has 0 unspecified atom stereocenters. The molecule has 2 aromatic rings. The Labute approximate surface area is 160 Å². The summed E-state index contributed by atoms with van der Waals surface area (Å²) in [5.74, 6) is -0.0621. The standard InChI is InChI=1S/C21H26ClN3O/c1-16-3-5-17(6-4-16)20(25-13-11-24(2)12-14-25)15-23-21(26)18-7-9-19(22)10-8-18/h3-10,20H,11-15H2,1-2H3,(H,23,26)/t20-/m1/s1. The summed E-state index contributed by atoms with van der Waals surface area (Å²) < 4.78 is 0. The molecule has 1 atom stereocenters. The Morgan fingerprint density at radius 2 is 1.65 bits per heavy atom. The molecule has 0 spiro atoms. The van der Waals surface area contributed by atoms with E-state index in [-0.39, 0.29) is 11.9 Å². The topological polar surface area (TPSA) is 35.6 Å². The highest BCUT2D eigenvalue weighted by Gasteiger charge is 2.24. The van der Waals surface area contributed by atoms with Gasteiger partial charge in [-0.2, -0.15) is 0 Å². The van der Waals surface area contributed by atoms with E-state index in [2.05, 4.69) is 53.4 Å². The lowest BCUT2D eigenvalue weighted by Gasteiger charge is -2.38. The molecule has 2 aromatic carbocycles. The van der Waals surface area contributed by atoms with Crippen molar-refractivity contribution in [2.75, 3.05) is 39.8 Å². The third-order valence-corrected chi connectivity index (χ3v) is 5.26. The predicted molar refractivity (Wildman–Crippen MR) is 107 cm³/mol. The SMILES string of the molecule is Cc1ccc([C@@H](CNC(=O)c2ccc(Cl)cc2)N2CCN(C)CC2)cc1. The van der Waals surface area contributed by atoms with Gasteiger partial charge in [-0.15, -0.1) is 0 Å². The fourth-order valence-corrected chi connectivity index (χ4v) is 3.40. The van der Waals surface area contributed by atoms with Crippen LogP contribution in [0.25, 0.3) is 0 Å². The van der Waals surface area contributed by atoms with Crippen LogP contribution in [0.4, 0.5) is 0 Å². The average molecular weight is 372 g/mol. The summed E-state index contributed by atoms with van der Waals surface area (Å²) in [5.41, 5.74) is 3.13. The molecule has 1 saturated heterocycles. The van der Waals surface area contributed by atoms with E-state index in [1.54, 1.807) is 24.3 Å². The van der Waals surface area contributed by atoms with Crippen LogP contribution in [-0.2, 0) is 0 Å². The molecule has 1 fully saturated rings. The van der Waals surface area contributed by atoms with E-state index < -0.39 is 0 Å². The Morgan fingerprint density at radius 3 is 2.27 bits per heavy atom. The summed E-state index contributed by atoms with van der Waals surface area (Å²) in [4.78, 5) is 17.3. The summed E-state index contributed by atoms with van der Waals surface area (Å²) in [6, 6.07) is 15.8. The zero-order valence-corrected chi connectivity index (χ0v) is 16.2. The number of likely N-dealkylation sites (N-methyl/N-ethyl adjacent to an activating group) is 1. The van der Waals surface area contributed by atoms with Crippen molar-refractivity contribution < 1.29 is 4.79 Å². The van der Waals surface area contributed by atoms with Gasteiger partial charge in [0.2, 0.25) is 0 Å². The maximum atomic E-state index is 12.5. The Hall–Kier alpha value is -1.88. The van der Waals surface area contributed by atoms with E-state index in [1.165, 1.54) is 11.1 Å². The van der Waals surface area contributed by atoms with Crippen LogP contribution >= 0.6 is 11.6 Å². The third-order valence-electron chi connectivity index (χ3n) is 5.00. The van der Waals surface area contributed by atoms with Gasteiger partial charge in [0.25, 0.3) is 5.91 Å². The van der Waals surface area contributed by atoms with E-state index in [4.69, 9.17) is 11.6 Å². The monoisotopic (exact) mass is 371 g/mol. The summed E-state index contributed by atoms with van der Waals surface area (Å²) in [7, 11) is 2.15. The quantitative estimate of drug-likeness (QED) is 0.875. The fraction of sp³-hybridized carbons (Fsp3) is 0.381. The maximum absolute atomic E-state index is 12.5. The first-order chi connectivity index (χ1) is 12.5. The normalized spacial score (nSPS) is 17.0. The minimum atomic E-state index is -0.0621. The van der Waals surface area contributed by atoms with Gasteiger partial charge in [0.1, 0.15) is 0 Å². The van der Waals surface area contributed by atoms with Crippen molar-refractivity contribution in [2.24, 2.45) is 0 Å². The van der Waals surface area contributed by atoms with Crippen LogP contribution in [0, 0.1) is 6.92 Å². The Balaban J connectivity index is 1.71. The highest BCUT2D eigenvalue weighted by Crippen LogP contribution is 2.22. The molecule has 1 N–H and O–H groups in total. The number of rotatable bonds is 5. The van der Waals surface area contributed by atoms with Crippen molar-refractivity contribution in [1.82, 2.24) is 15.1 Å². The van der Waals surface area contributed by atoms with Gasteiger partial charge in [-0.1, -0.05) is 41.4 Å². The largest absolute Gasteiger partial charge is 0.350 e. The first-order valence-electron chi connectivity index (χ1n) is 9.06. The molecule has 1 amide bonds. The minimum Gasteiger partial charge on any atom is -0.350 e. The van der Waals surface area contributed by atoms with Crippen LogP contribution < -0.4 is 5.32 Å². The number of halogens is 1. The van der Waals surface area contributed by atoms with Crippen LogP contribution in [0.15, 0.2) is 48.5 Å². The van der Waals surface area contributed by atoms with Gasteiger partial charge in [-0.3, -0.25) is 9.69 Å². The number of carbonyl (C=O) groups is 1. The number of hydrogen-bond acceptors (Lipinski definition) is 3.